The van der Waals surface area contributed by atoms with E-state index in [1.807, 2.05) is 19.6 Å². The lowest BCUT2D eigenvalue weighted by Crippen LogP contribution is -2.46. The minimum Gasteiger partial charge on any atom is -0.338 e. The van der Waals surface area contributed by atoms with Crippen molar-refractivity contribution < 1.29 is 4.52 Å². The second kappa shape index (κ2) is 5.48. The second-order valence-corrected chi connectivity index (χ2v) is 6.49. The smallest absolute Gasteiger partial charge is 0.245 e. The molecular formula is C15H22N6O. The van der Waals surface area contributed by atoms with E-state index in [-0.39, 0.29) is 6.04 Å². The Bertz CT molecular complexity index is 646. The van der Waals surface area contributed by atoms with Gasteiger partial charge in [0, 0.05) is 45.3 Å². The van der Waals surface area contributed by atoms with Gasteiger partial charge in [-0.15, -0.1) is 0 Å². The average molecular weight is 302 g/mol. The molecular weight excluding hydrogens is 280 g/mol. The van der Waals surface area contributed by atoms with Gasteiger partial charge in [-0.25, -0.2) is 4.98 Å². The molecule has 0 aromatic carbocycles. The maximum Gasteiger partial charge on any atom is 0.245 e. The van der Waals surface area contributed by atoms with Gasteiger partial charge in [-0.3, -0.25) is 9.80 Å². The van der Waals surface area contributed by atoms with E-state index in [2.05, 4.69) is 36.5 Å². The van der Waals surface area contributed by atoms with Gasteiger partial charge in [0.05, 0.1) is 12.0 Å². The Balaban J connectivity index is 1.47. The van der Waals surface area contributed by atoms with Crippen LogP contribution in [-0.4, -0.2) is 56.2 Å². The van der Waals surface area contributed by atoms with E-state index in [1.165, 1.54) is 18.5 Å². The van der Waals surface area contributed by atoms with Crippen LogP contribution in [0.3, 0.4) is 0 Å². The molecule has 1 saturated heterocycles. The number of nitrogens with zero attached hydrogens (tertiary/aromatic N) is 6. The van der Waals surface area contributed by atoms with Crippen LogP contribution in [0.4, 0.5) is 0 Å². The number of aryl methyl sites for hydroxylation is 1. The molecule has 1 aliphatic heterocycles. The number of aromatic nitrogens is 4. The molecule has 0 amide bonds. The van der Waals surface area contributed by atoms with E-state index in [0.29, 0.717) is 5.92 Å². The second-order valence-electron chi connectivity index (χ2n) is 6.49. The number of likely N-dealkylation sites (N-methyl/N-ethyl adjacent to an activating group) is 1. The van der Waals surface area contributed by atoms with Crippen molar-refractivity contribution in [2.45, 2.75) is 31.3 Å². The molecule has 0 bridgehead atoms. The van der Waals surface area contributed by atoms with Crippen molar-refractivity contribution in [2.75, 3.05) is 26.7 Å². The maximum atomic E-state index is 5.54. The zero-order valence-electron chi connectivity index (χ0n) is 13.1. The molecule has 1 aliphatic carbocycles. The fraction of sp³-hybridized carbons (Fsp3) is 0.667. The maximum absolute atomic E-state index is 5.54. The van der Waals surface area contributed by atoms with Crippen LogP contribution in [-0.2, 0) is 13.6 Å². The molecule has 4 rings (SSSR count). The SMILES string of the molecule is CN1CCN(Cc2cncn2C)CC1c1nc(C2CC2)no1. The molecule has 2 aliphatic rings. The standard InChI is InChI=1S/C15H22N6O/c1-19-5-6-21(8-12-7-16-10-20(12)2)9-13(19)15-17-14(18-22-15)11-3-4-11/h7,10-11,13H,3-6,8-9H2,1-2H3. The summed E-state index contributed by atoms with van der Waals surface area (Å²) in [4.78, 5) is 13.6. The lowest BCUT2D eigenvalue weighted by atomic mass is 10.1. The minimum atomic E-state index is 0.182. The van der Waals surface area contributed by atoms with Crippen molar-refractivity contribution in [3.05, 3.63) is 29.9 Å². The summed E-state index contributed by atoms with van der Waals surface area (Å²) in [7, 11) is 4.17. The first-order valence-corrected chi connectivity index (χ1v) is 7.92. The fourth-order valence-corrected chi connectivity index (χ4v) is 3.00. The monoisotopic (exact) mass is 302 g/mol. The molecule has 0 spiro atoms. The predicted molar refractivity (Wildman–Crippen MR) is 80.1 cm³/mol. The van der Waals surface area contributed by atoms with Gasteiger partial charge in [0.15, 0.2) is 5.82 Å². The van der Waals surface area contributed by atoms with E-state index in [0.717, 1.165) is 37.9 Å². The van der Waals surface area contributed by atoms with Gasteiger partial charge in [-0.1, -0.05) is 5.16 Å². The van der Waals surface area contributed by atoms with Crippen LogP contribution in [0.5, 0.6) is 0 Å². The Morgan fingerprint density at radius 1 is 1.27 bits per heavy atom. The van der Waals surface area contributed by atoms with Crippen LogP contribution in [0.15, 0.2) is 17.0 Å². The van der Waals surface area contributed by atoms with Gasteiger partial charge in [0.2, 0.25) is 5.89 Å². The molecule has 1 atom stereocenters. The van der Waals surface area contributed by atoms with Gasteiger partial charge in [0.25, 0.3) is 0 Å². The van der Waals surface area contributed by atoms with Crippen molar-refractivity contribution >= 4 is 0 Å². The van der Waals surface area contributed by atoms with Crippen molar-refractivity contribution in [3.8, 4) is 0 Å². The van der Waals surface area contributed by atoms with Crippen LogP contribution in [0.25, 0.3) is 0 Å². The number of rotatable bonds is 4. The topological polar surface area (TPSA) is 63.2 Å². The number of imidazole rings is 1. The highest BCUT2D eigenvalue weighted by Crippen LogP contribution is 2.38. The van der Waals surface area contributed by atoms with Gasteiger partial charge in [0.1, 0.15) is 6.04 Å². The van der Waals surface area contributed by atoms with Crippen LogP contribution in [0.2, 0.25) is 0 Å². The van der Waals surface area contributed by atoms with E-state index in [1.54, 1.807) is 0 Å². The van der Waals surface area contributed by atoms with Crippen LogP contribution in [0, 0.1) is 0 Å². The number of hydrogen-bond donors (Lipinski definition) is 0. The number of piperazine rings is 1. The van der Waals surface area contributed by atoms with Crippen LogP contribution >= 0.6 is 0 Å². The highest BCUT2D eigenvalue weighted by molar-refractivity contribution is 5.06. The summed E-state index contributed by atoms with van der Waals surface area (Å²) in [6.07, 6.45) is 6.19. The van der Waals surface area contributed by atoms with Gasteiger partial charge in [-0.05, 0) is 19.9 Å². The summed E-state index contributed by atoms with van der Waals surface area (Å²) in [5.41, 5.74) is 1.23. The number of hydrogen-bond acceptors (Lipinski definition) is 6. The Morgan fingerprint density at radius 3 is 2.86 bits per heavy atom. The molecule has 2 fully saturated rings. The van der Waals surface area contributed by atoms with Crippen molar-refractivity contribution in [3.63, 3.8) is 0 Å². The van der Waals surface area contributed by atoms with E-state index < -0.39 is 0 Å². The average Bonchev–Trinajstić information content (AvgIpc) is 3.12. The van der Waals surface area contributed by atoms with Gasteiger partial charge in [-0.2, -0.15) is 4.98 Å². The van der Waals surface area contributed by atoms with Crippen LogP contribution < -0.4 is 0 Å². The fourth-order valence-electron chi connectivity index (χ4n) is 3.00. The molecule has 2 aromatic rings. The lowest BCUT2D eigenvalue weighted by Gasteiger charge is -2.37. The molecule has 118 valence electrons. The summed E-state index contributed by atoms with van der Waals surface area (Å²) in [5, 5.41) is 4.16. The lowest BCUT2D eigenvalue weighted by molar-refractivity contribution is 0.0702. The normalized spacial score (nSPS) is 24.0. The highest BCUT2D eigenvalue weighted by atomic mass is 16.5. The first-order valence-electron chi connectivity index (χ1n) is 7.92. The quantitative estimate of drug-likeness (QED) is 0.845. The van der Waals surface area contributed by atoms with Gasteiger partial charge < -0.3 is 9.09 Å². The Kier molecular flexibility index (Phi) is 3.46. The minimum absolute atomic E-state index is 0.182. The summed E-state index contributed by atoms with van der Waals surface area (Å²) >= 11 is 0. The molecule has 7 nitrogen and oxygen atoms in total. The summed E-state index contributed by atoms with van der Waals surface area (Å²) in [6.45, 7) is 3.86. The van der Waals surface area contributed by atoms with Crippen molar-refractivity contribution in [2.24, 2.45) is 7.05 Å². The highest BCUT2D eigenvalue weighted by Gasteiger charge is 2.33. The molecule has 3 heterocycles. The zero-order valence-corrected chi connectivity index (χ0v) is 13.1. The van der Waals surface area contributed by atoms with E-state index in [9.17, 15) is 0 Å². The summed E-state index contributed by atoms with van der Waals surface area (Å²) in [6, 6.07) is 0.182. The predicted octanol–water partition coefficient (Wildman–Crippen LogP) is 1.17. The first-order chi connectivity index (χ1) is 10.7. The molecule has 7 heteroatoms. The summed E-state index contributed by atoms with van der Waals surface area (Å²) < 4.78 is 7.61. The van der Waals surface area contributed by atoms with Crippen molar-refractivity contribution in [1.82, 2.24) is 29.5 Å². The zero-order chi connectivity index (χ0) is 15.1. The Hall–Kier alpha value is -1.73. The third kappa shape index (κ3) is 2.66. The van der Waals surface area contributed by atoms with Gasteiger partial charge >= 0.3 is 0 Å². The third-order valence-electron chi connectivity index (χ3n) is 4.72. The molecule has 1 saturated carbocycles. The molecule has 2 aromatic heterocycles. The van der Waals surface area contributed by atoms with Crippen LogP contribution in [0.1, 0.15) is 42.2 Å². The Morgan fingerprint density at radius 2 is 2.14 bits per heavy atom. The third-order valence-corrected chi connectivity index (χ3v) is 4.72. The Labute approximate surface area is 129 Å². The molecule has 22 heavy (non-hydrogen) atoms. The molecule has 1 unspecified atom stereocenters. The largest absolute Gasteiger partial charge is 0.338 e. The molecule has 0 N–H and O–H groups in total. The first kappa shape index (κ1) is 13.9. The molecule has 0 radical (unpaired) electrons. The van der Waals surface area contributed by atoms with E-state index in [4.69, 9.17) is 4.52 Å². The summed E-state index contributed by atoms with van der Waals surface area (Å²) in [5.74, 6) is 2.20. The van der Waals surface area contributed by atoms with Crippen molar-refractivity contribution in [1.29, 1.82) is 0 Å². The van der Waals surface area contributed by atoms with E-state index >= 15 is 0 Å².